The molecule has 0 atom stereocenters. The molecule has 0 bridgehead atoms. The maximum Gasteiger partial charge on any atom is 0.341 e. The molecule has 0 unspecified atom stereocenters. The largest absolute Gasteiger partial charge is 0.480 e. The Morgan fingerprint density at radius 1 is 1.43 bits per heavy atom. The summed E-state index contributed by atoms with van der Waals surface area (Å²) < 4.78 is 9.58. The quantitative estimate of drug-likeness (QED) is 0.830. The lowest BCUT2D eigenvalue weighted by Crippen LogP contribution is -2.03. The number of nitrogens with zero attached hydrogens (tertiary/aromatic N) is 1. The van der Waals surface area contributed by atoms with Gasteiger partial charge in [-0.25, -0.2) is 4.79 Å². The van der Waals surface area contributed by atoms with Crippen LogP contribution in [0.4, 0.5) is 0 Å². The van der Waals surface area contributed by atoms with Gasteiger partial charge in [0.2, 0.25) is 11.8 Å². The van der Waals surface area contributed by atoms with Crippen molar-refractivity contribution in [1.82, 2.24) is 4.98 Å². The number of pyridine rings is 1. The molecular formula is C8H8ClNO4. The van der Waals surface area contributed by atoms with Gasteiger partial charge in [0.25, 0.3) is 0 Å². The highest BCUT2D eigenvalue weighted by atomic mass is 35.5. The highest BCUT2D eigenvalue weighted by molar-refractivity contribution is 6.32. The van der Waals surface area contributed by atoms with Crippen LogP contribution in [0, 0.1) is 0 Å². The monoisotopic (exact) mass is 217 g/mol. The number of aromatic nitrogens is 1. The van der Waals surface area contributed by atoms with E-state index >= 15 is 0 Å². The number of rotatable bonds is 3. The third-order valence-corrected chi connectivity index (χ3v) is 1.80. The molecule has 0 fully saturated rings. The minimum Gasteiger partial charge on any atom is -0.480 e. The Morgan fingerprint density at radius 2 is 2.00 bits per heavy atom. The van der Waals surface area contributed by atoms with E-state index in [1.165, 1.54) is 20.3 Å². The van der Waals surface area contributed by atoms with E-state index in [0.29, 0.717) is 0 Å². The van der Waals surface area contributed by atoms with Crippen molar-refractivity contribution in [3.05, 3.63) is 16.7 Å². The number of ether oxygens (including phenoxy) is 2. The van der Waals surface area contributed by atoms with Crippen LogP contribution in [0.1, 0.15) is 10.4 Å². The van der Waals surface area contributed by atoms with Gasteiger partial charge in [-0.2, -0.15) is 4.98 Å². The number of halogens is 1. The Bertz CT molecular complexity index is 367. The molecule has 0 aliphatic rings. The van der Waals surface area contributed by atoms with E-state index in [2.05, 4.69) is 4.98 Å². The summed E-state index contributed by atoms with van der Waals surface area (Å²) in [6.07, 6.45) is 0. The molecule has 1 aromatic rings. The van der Waals surface area contributed by atoms with E-state index in [1.54, 1.807) is 0 Å². The lowest BCUT2D eigenvalue weighted by atomic mass is 10.3. The van der Waals surface area contributed by atoms with E-state index in [9.17, 15) is 4.79 Å². The Kier molecular flexibility index (Phi) is 3.14. The van der Waals surface area contributed by atoms with Gasteiger partial charge in [0.05, 0.1) is 14.2 Å². The smallest absolute Gasteiger partial charge is 0.341 e. The molecule has 0 radical (unpaired) electrons. The van der Waals surface area contributed by atoms with Crippen LogP contribution >= 0.6 is 11.6 Å². The van der Waals surface area contributed by atoms with Crippen LogP contribution < -0.4 is 9.47 Å². The standard InChI is InChI=1S/C8H8ClNO4/c1-13-6-4(8(11)12)3-5(9)7(10-6)14-2/h3H,1-2H3,(H,11,12). The third kappa shape index (κ3) is 1.88. The normalized spacial score (nSPS) is 9.64. The maximum atomic E-state index is 10.7. The van der Waals surface area contributed by atoms with Crippen molar-refractivity contribution in [2.24, 2.45) is 0 Å². The van der Waals surface area contributed by atoms with E-state index < -0.39 is 5.97 Å². The summed E-state index contributed by atoms with van der Waals surface area (Å²) in [5, 5.41) is 8.90. The number of carboxylic acids is 1. The van der Waals surface area contributed by atoms with Crippen LogP contribution in [0.25, 0.3) is 0 Å². The minimum absolute atomic E-state index is 0.0289. The van der Waals surface area contributed by atoms with Gasteiger partial charge in [-0.15, -0.1) is 0 Å². The second-order valence-electron chi connectivity index (χ2n) is 2.34. The fourth-order valence-corrected chi connectivity index (χ4v) is 1.14. The van der Waals surface area contributed by atoms with E-state index in [-0.39, 0.29) is 22.3 Å². The molecule has 14 heavy (non-hydrogen) atoms. The lowest BCUT2D eigenvalue weighted by Gasteiger charge is -2.07. The second kappa shape index (κ2) is 4.15. The van der Waals surface area contributed by atoms with Gasteiger partial charge in [0.15, 0.2) is 0 Å². The summed E-state index contributed by atoms with van der Waals surface area (Å²) in [6.45, 7) is 0. The van der Waals surface area contributed by atoms with Crippen molar-refractivity contribution >= 4 is 17.6 Å². The topological polar surface area (TPSA) is 68.7 Å². The molecule has 1 N–H and O–H groups in total. The molecule has 6 heteroatoms. The van der Waals surface area contributed by atoms with Gasteiger partial charge in [-0.05, 0) is 6.07 Å². The first-order valence-electron chi connectivity index (χ1n) is 3.62. The Labute approximate surface area is 85.2 Å². The molecule has 0 aromatic carbocycles. The second-order valence-corrected chi connectivity index (χ2v) is 2.75. The van der Waals surface area contributed by atoms with Gasteiger partial charge in [-0.3, -0.25) is 0 Å². The predicted octanol–water partition coefficient (Wildman–Crippen LogP) is 1.45. The van der Waals surface area contributed by atoms with Crippen molar-refractivity contribution in [2.45, 2.75) is 0 Å². The summed E-state index contributed by atoms with van der Waals surface area (Å²) in [5.41, 5.74) is -0.0988. The minimum atomic E-state index is -1.15. The third-order valence-electron chi connectivity index (χ3n) is 1.53. The molecule has 76 valence electrons. The molecule has 0 aliphatic carbocycles. The van der Waals surface area contributed by atoms with Gasteiger partial charge in [0.1, 0.15) is 10.6 Å². The molecule has 1 rings (SSSR count). The number of carbonyl (C=O) groups is 1. The van der Waals surface area contributed by atoms with Gasteiger partial charge >= 0.3 is 5.97 Å². The SMILES string of the molecule is COc1nc(OC)c(C(=O)O)cc1Cl. The van der Waals surface area contributed by atoms with Crippen molar-refractivity contribution < 1.29 is 19.4 Å². The van der Waals surface area contributed by atoms with Crippen molar-refractivity contribution in [3.63, 3.8) is 0 Å². The number of hydrogen-bond donors (Lipinski definition) is 1. The van der Waals surface area contributed by atoms with Crippen molar-refractivity contribution in [2.75, 3.05) is 14.2 Å². The van der Waals surface area contributed by atoms with Crippen LogP contribution in [0.5, 0.6) is 11.8 Å². The number of methoxy groups -OCH3 is 2. The van der Waals surface area contributed by atoms with E-state index in [1.807, 2.05) is 0 Å². The molecule has 0 aliphatic heterocycles. The summed E-state index contributed by atoms with van der Waals surface area (Å²) in [5.74, 6) is -1.05. The Hall–Kier alpha value is -1.49. The Morgan fingerprint density at radius 3 is 2.43 bits per heavy atom. The molecule has 0 spiro atoms. The van der Waals surface area contributed by atoms with Crippen molar-refractivity contribution in [1.29, 1.82) is 0 Å². The number of carboxylic acid groups (broad SMARTS) is 1. The first-order chi connectivity index (χ1) is 6.60. The zero-order chi connectivity index (χ0) is 10.7. The first-order valence-corrected chi connectivity index (χ1v) is 3.99. The molecule has 5 nitrogen and oxygen atoms in total. The fraction of sp³-hybridized carbons (Fsp3) is 0.250. The predicted molar refractivity (Wildman–Crippen MR) is 49.3 cm³/mol. The summed E-state index contributed by atoms with van der Waals surface area (Å²) in [6, 6.07) is 1.23. The summed E-state index contributed by atoms with van der Waals surface area (Å²) in [4.78, 5) is 14.5. The lowest BCUT2D eigenvalue weighted by molar-refractivity contribution is 0.0692. The molecule has 0 amide bonds. The first kappa shape index (κ1) is 10.6. The van der Waals surface area contributed by atoms with Crippen LogP contribution in [-0.4, -0.2) is 30.3 Å². The summed E-state index contributed by atoms with van der Waals surface area (Å²) in [7, 11) is 2.70. The zero-order valence-corrected chi connectivity index (χ0v) is 8.33. The zero-order valence-electron chi connectivity index (χ0n) is 7.57. The average Bonchev–Trinajstić information content (AvgIpc) is 2.17. The van der Waals surface area contributed by atoms with Crippen LogP contribution in [-0.2, 0) is 0 Å². The van der Waals surface area contributed by atoms with Crippen LogP contribution in [0.15, 0.2) is 6.07 Å². The number of aromatic carboxylic acids is 1. The van der Waals surface area contributed by atoms with Gasteiger partial charge in [-0.1, -0.05) is 11.6 Å². The molecule has 1 aromatic heterocycles. The molecule has 0 saturated carbocycles. The Balaban J connectivity index is 3.31. The average molecular weight is 218 g/mol. The fourth-order valence-electron chi connectivity index (χ4n) is 0.908. The molecule has 0 saturated heterocycles. The van der Waals surface area contributed by atoms with E-state index in [0.717, 1.165) is 0 Å². The number of hydrogen-bond acceptors (Lipinski definition) is 4. The molecule has 1 heterocycles. The maximum absolute atomic E-state index is 10.7. The van der Waals surface area contributed by atoms with Crippen LogP contribution in [0.2, 0.25) is 5.02 Å². The molecular weight excluding hydrogens is 210 g/mol. The summed E-state index contributed by atoms with van der Waals surface area (Å²) >= 11 is 5.70. The van der Waals surface area contributed by atoms with Crippen molar-refractivity contribution in [3.8, 4) is 11.8 Å². The van der Waals surface area contributed by atoms with Gasteiger partial charge < -0.3 is 14.6 Å². The van der Waals surface area contributed by atoms with E-state index in [4.69, 9.17) is 26.2 Å². The highest BCUT2D eigenvalue weighted by Gasteiger charge is 2.16. The highest BCUT2D eigenvalue weighted by Crippen LogP contribution is 2.28. The van der Waals surface area contributed by atoms with Crippen LogP contribution in [0.3, 0.4) is 0 Å². The van der Waals surface area contributed by atoms with Gasteiger partial charge in [0, 0.05) is 0 Å².